The molecular weight excluding hydrogens is 372 g/mol. The van der Waals surface area contributed by atoms with Crippen molar-refractivity contribution in [3.8, 4) is 11.5 Å². The average Bonchev–Trinajstić information content (AvgIpc) is 3.46. The van der Waals surface area contributed by atoms with E-state index in [0.29, 0.717) is 17.2 Å². The first-order valence-corrected chi connectivity index (χ1v) is 10.3. The van der Waals surface area contributed by atoms with Gasteiger partial charge in [0, 0.05) is 11.8 Å². The highest BCUT2D eigenvalue weighted by molar-refractivity contribution is 6.10. The summed E-state index contributed by atoms with van der Waals surface area (Å²) in [7, 11) is 0. The Labute approximate surface area is 169 Å². The molecule has 1 aromatic carbocycles. The fraction of sp³-hybridized carbons (Fsp3) is 0.500. The lowest BCUT2D eigenvalue weighted by Crippen LogP contribution is -2.46. The zero-order chi connectivity index (χ0) is 20.3. The minimum absolute atomic E-state index is 0.131. The molecule has 2 aliphatic carbocycles. The third-order valence-electron chi connectivity index (χ3n) is 6.65. The molecule has 3 amide bonds. The maximum Gasteiger partial charge on any atom is 0.247 e. The van der Waals surface area contributed by atoms with E-state index in [4.69, 9.17) is 9.47 Å². The minimum Gasteiger partial charge on any atom is -0.454 e. The summed E-state index contributed by atoms with van der Waals surface area (Å²) in [5.74, 6) is 0.126. The second-order valence-corrected chi connectivity index (χ2v) is 8.32. The molecule has 0 spiro atoms. The van der Waals surface area contributed by atoms with Gasteiger partial charge in [0.15, 0.2) is 11.5 Å². The molecule has 1 saturated carbocycles. The van der Waals surface area contributed by atoms with E-state index in [2.05, 4.69) is 24.4 Å². The highest BCUT2D eigenvalue weighted by Crippen LogP contribution is 2.52. The molecule has 7 heteroatoms. The number of likely N-dealkylation sites (tertiary alicyclic amines) is 1. The number of rotatable bonds is 5. The van der Waals surface area contributed by atoms with Gasteiger partial charge in [0.2, 0.25) is 24.5 Å². The number of aryl methyl sites for hydroxylation is 1. The Morgan fingerprint density at radius 1 is 1.14 bits per heavy atom. The van der Waals surface area contributed by atoms with Gasteiger partial charge in [0.1, 0.15) is 6.04 Å². The molecule has 29 heavy (non-hydrogen) atoms. The number of amides is 3. The Morgan fingerprint density at radius 2 is 1.76 bits per heavy atom. The number of hydrogen-bond donors (Lipinski definition) is 1. The Kier molecular flexibility index (Phi) is 4.15. The summed E-state index contributed by atoms with van der Waals surface area (Å²) in [6.45, 7) is 3.83. The third-order valence-corrected chi connectivity index (χ3v) is 6.65. The zero-order valence-corrected chi connectivity index (χ0v) is 16.5. The van der Waals surface area contributed by atoms with Gasteiger partial charge in [0.25, 0.3) is 0 Å². The molecule has 1 aromatic rings. The van der Waals surface area contributed by atoms with E-state index < -0.39 is 6.04 Å². The number of anilines is 1. The lowest BCUT2D eigenvalue weighted by Gasteiger charge is -2.24. The molecule has 0 radical (unpaired) electrons. The highest BCUT2D eigenvalue weighted by atomic mass is 16.7. The number of ether oxygens (including phenoxy) is 2. The van der Waals surface area contributed by atoms with Gasteiger partial charge in [-0.2, -0.15) is 0 Å². The van der Waals surface area contributed by atoms with Crippen LogP contribution in [0.5, 0.6) is 11.5 Å². The van der Waals surface area contributed by atoms with E-state index in [1.165, 1.54) is 4.90 Å². The van der Waals surface area contributed by atoms with E-state index in [1.54, 1.807) is 13.0 Å². The van der Waals surface area contributed by atoms with Crippen molar-refractivity contribution in [2.45, 2.75) is 39.2 Å². The molecule has 5 rings (SSSR count). The molecule has 0 unspecified atom stereocenters. The molecule has 2 bridgehead atoms. The quantitative estimate of drug-likeness (QED) is 0.611. The van der Waals surface area contributed by atoms with Crippen molar-refractivity contribution in [2.75, 3.05) is 12.1 Å². The molecule has 2 aliphatic heterocycles. The lowest BCUT2D eigenvalue weighted by atomic mass is 9.85. The fourth-order valence-corrected chi connectivity index (χ4v) is 5.24. The largest absolute Gasteiger partial charge is 0.454 e. The van der Waals surface area contributed by atoms with Crippen molar-refractivity contribution in [3.63, 3.8) is 0 Å². The van der Waals surface area contributed by atoms with Crippen LogP contribution in [0.4, 0.5) is 5.69 Å². The van der Waals surface area contributed by atoms with Crippen LogP contribution in [0.15, 0.2) is 24.3 Å². The maximum absolute atomic E-state index is 13.0. The number of benzene rings is 1. The SMILES string of the molecule is CCCc1cc2c(cc1NC(=O)[C@H](C)N1C(=O)[C@@H]3[C@H](C1=O)[C@H]1C=C[C@H]3C1)OCO2. The molecule has 1 saturated heterocycles. The van der Waals surface area contributed by atoms with Crippen molar-refractivity contribution >= 4 is 23.4 Å². The first kappa shape index (κ1) is 18.2. The van der Waals surface area contributed by atoms with Crippen LogP contribution in [0.1, 0.15) is 32.3 Å². The van der Waals surface area contributed by atoms with Crippen LogP contribution >= 0.6 is 0 Å². The maximum atomic E-state index is 13.0. The molecule has 4 aliphatic rings. The summed E-state index contributed by atoms with van der Waals surface area (Å²) >= 11 is 0. The number of fused-ring (bicyclic) bond motifs is 6. The molecule has 0 aromatic heterocycles. The normalized spacial score (nSPS) is 29.5. The summed E-state index contributed by atoms with van der Waals surface area (Å²) < 4.78 is 10.9. The third kappa shape index (κ3) is 2.67. The van der Waals surface area contributed by atoms with Gasteiger partial charge in [-0.25, -0.2) is 0 Å². The fourth-order valence-electron chi connectivity index (χ4n) is 5.24. The number of carbonyl (C=O) groups excluding carboxylic acids is 3. The molecular formula is C22H24N2O5. The number of allylic oxidation sites excluding steroid dienone is 2. The lowest BCUT2D eigenvalue weighted by molar-refractivity contribution is -0.146. The highest BCUT2D eigenvalue weighted by Gasteiger charge is 2.60. The molecule has 1 N–H and O–H groups in total. The van der Waals surface area contributed by atoms with E-state index in [1.807, 2.05) is 6.07 Å². The summed E-state index contributed by atoms with van der Waals surface area (Å²) in [4.78, 5) is 40.1. The summed E-state index contributed by atoms with van der Waals surface area (Å²) in [5, 5.41) is 2.91. The Bertz CT molecular complexity index is 909. The van der Waals surface area contributed by atoms with E-state index in [9.17, 15) is 14.4 Å². The van der Waals surface area contributed by atoms with Crippen molar-refractivity contribution in [1.82, 2.24) is 4.90 Å². The van der Waals surface area contributed by atoms with Crippen LogP contribution in [-0.2, 0) is 20.8 Å². The van der Waals surface area contributed by atoms with E-state index >= 15 is 0 Å². The minimum atomic E-state index is -0.861. The van der Waals surface area contributed by atoms with Crippen molar-refractivity contribution < 1.29 is 23.9 Å². The Hall–Kier alpha value is -2.83. The number of hydrogen-bond acceptors (Lipinski definition) is 5. The van der Waals surface area contributed by atoms with Gasteiger partial charge in [-0.3, -0.25) is 19.3 Å². The predicted octanol–water partition coefficient (Wildman–Crippen LogP) is 2.50. The molecule has 7 nitrogen and oxygen atoms in total. The number of nitrogens with zero attached hydrogens (tertiary/aromatic N) is 1. The molecule has 152 valence electrons. The monoisotopic (exact) mass is 396 g/mol. The summed E-state index contributed by atoms with van der Waals surface area (Å²) in [6.07, 6.45) is 6.64. The van der Waals surface area contributed by atoms with Crippen LogP contribution in [0.2, 0.25) is 0 Å². The smallest absolute Gasteiger partial charge is 0.247 e. The van der Waals surface area contributed by atoms with Crippen molar-refractivity contribution in [3.05, 3.63) is 29.8 Å². The van der Waals surface area contributed by atoms with Crippen molar-refractivity contribution in [2.24, 2.45) is 23.7 Å². The van der Waals surface area contributed by atoms with Gasteiger partial charge >= 0.3 is 0 Å². The van der Waals surface area contributed by atoms with Crippen LogP contribution in [0.3, 0.4) is 0 Å². The van der Waals surface area contributed by atoms with Crippen molar-refractivity contribution in [1.29, 1.82) is 0 Å². The summed E-state index contributed by atoms with van der Waals surface area (Å²) in [6, 6.07) is 2.77. The standard InChI is InChI=1S/C22H24N2O5/c1-3-4-12-8-16-17(29-10-28-16)9-15(12)23-20(25)11(2)24-21(26)18-13-5-6-14(7-13)19(18)22(24)27/h5-6,8-9,11,13-14,18-19H,3-4,7,10H2,1-2H3,(H,23,25)/t11-,13-,14-,18-,19+/m0/s1. The molecule has 5 atom stereocenters. The number of imide groups is 1. The molecule has 2 fully saturated rings. The average molecular weight is 396 g/mol. The van der Waals surface area contributed by atoms with Crippen LogP contribution in [0, 0.1) is 23.7 Å². The number of carbonyl (C=O) groups is 3. The number of nitrogens with one attached hydrogen (secondary N) is 1. The first-order valence-electron chi connectivity index (χ1n) is 10.3. The predicted molar refractivity (Wildman–Crippen MR) is 104 cm³/mol. The van der Waals surface area contributed by atoms with Gasteiger partial charge < -0.3 is 14.8 Å². The van der Waals surface area contributed by atoms with Gasteiger partial charge in [-0.05, 0) is 43.2 Å². The van der Waals surface area contributed by atoms with Gasteiger partial charge in [0.05, 0.1) is 11.8 Å². The Morgan fingerprint density at radius 3 is 2.38 bits per heavy atom. The summed E-state index contributed by atoms with van der Waals surface area (Å²) in [5.41, 5.74) is 1.57. The second-order valence-electron chi connectivity index (χ2n) is 8.32. The van der Waals surface area contributed by atoms with Gasteiger partial charge in [-0.15, -0.1) is 0 Å². The van der Waals surface area contributed by atoms with Crippen LogP contribution < -0.4 is 14.8 Å². The van der Waals surface area contributed by atoms with Crippen LogP contribution in [0.25, 0.3) is 0 Å². The molecule has 2 heterocycles. The topological polar surface area (TPSA) is 84.9 Å². The van der Waals surface area contributed by atoms with E-state index in [-0.39, 0.29) is 48.2 Å². The van der Waals surface area contributed by atoms with Gasteiger partial charge in [-0.1, -0.05) is 25.5 Å². The first-order chi connectivity index (χ1) is 14.0. The van der Waals surface area contributed by atoms with Crippen LogP contribution in [-0.4, -0.2) is 35.5 Å². The zero-order valence-electron chi connectivity index (χ0n) is 16.5. The Balaban J connectivity index is 1.37. The van der Waals surface area contributed by atoms with E-state index in [0.717, 1.165) is 24.8 Å². The second kappa shape index (κ2) is 6.61.